The summed E-state index contributed by atoms with van der Waals surface area (Å²) in [5.74, 6) is 2.16. The van der Waals surface area contributed by atoms with Gasteiger partial charge in [-0.2, -0.15) is 5.10 Å². The number of amides is 1. The van der Waals surface area contributed by atoms with E-state index in [1.165, 1.54) is 0 Å². The van der Waals surface area contributed by atoms with Gasteiger partial charge in [0, 0.05) is 23.7 Å². The molecule has 0 radical (unpaired) electrons. The van der Waals surface area contributed by atoms with Crippen molar-refractivity contribution in [3.63, 3.8) is 0 Å². The lowest BCUT2D eigenvalue weighted by molar-refractivity contribution is -0.117. The zero-order chi connectivity index (χ0) is 21.8. The van der Waals surface area contributed by atoms with E-state index >= 15 is 0 Å². The van der Waals surface area contributed by atoms with Crippen molar-refractivity contribution in [2.24, 2.45) is 0 Å². The number of hydrogen-bond donors (Lipinski definition) is 1. The molecule has 0 aliphatic carbocycles. The van der Waals surface area contributed by atoms with Crippen molar-refractivity contribution in [1.82, 2.24) is 14.7 Å². The molecule has 1 N–H and O–H groups in total. The Morgan fingerprint density at radius 1 is 1.13 bits per heavy atom. The second kappa shape index (κ2) is 9.22. The fraction of sp³-hybridized carbons (Fsp3) is 0.333. The van der Waals surface area contributed by atoms with Crippen LogP contribution >= 0.6 is 0 Å². The lowest BCUT2D eigenvalue weighted by atomic mass is 10.0. The van der Waals surface area contributed by atoms with E-state index in [9.17, 15) is 4.79 Å². The minimum atomic E-state index is -0.0588. The van der Waals surface area contributed by atoms with Crippen LogP contribution in [0.25, 0.3) is 5.69 Å². The minimum absolute atomic E-state index is 0.0588. The fourth-order valence-electron chi connectivity index (χ4n) is 4.18. The SMILES string of the molecule is COc1ccc([C@H]2CCCN2CC(=O)Nc2cc(C)nn2-c2ccccc2)c(OC)c1. The molecule has 2 aromatic carbocycles. The largest absolute Gasteiger partial charge is 0.497 e. The minimum Gasteiger partial charge on any atom is -0.497 e. The highest BCUT2D eigenvalue weighted by atomic mass is 16.5. The normalized spacial score (nSPS) is 16.3. The summed E-state index contributed by atoms with van der Waals surface area (Å²) in [5, 5.41) is 7.57. The first-order valence-corrected chi connectivity index (χ1v) is 10.5. The molecule has 162 valence electrons. The predicted molar refractivity (Wildman–Crippen MR) is 120 cm³/mol. The van der Waals surface area contributed by atoms with Gasteiger partial charge < -0.3 is 14.8 Å². The van der Waals surface area contributed by atoms with Gasteiger partial charge in [0.15, 0.2) is 0 Å². The van der Waals surface area contributed by atoms with E-state index in [4.69, 9.17) is 9.47 Å². The molecule has 1 saturated heterocycles. The predicted octanol–water partition coefficient (Wildman–Crippen LogP) is 3.97. The van der Waals surface area contributed by atoms with E-state index in [-0.39, 0.29) is 11.9 Å². The van der Waals surface area contributed by atoms with E-state index in [1.807, 2.05) is 61.5 Å². The molecule has 0 saturated carbocycles. The first-order valence-electron chi connectivity index (χ1n) is 10.5. The summed E-state index contributed by atoms with van der Waals surface area (Å²) in [7, 11) is 3.31. The van der Waals surface area contributed by atoms with Crippen LogP contribution in [0, 0.1) is 6.92 Å². The average Bonchev–Trinajstić information content (AvgIpc) is 3.39. The van der Waals surface area contributed by atoms with Gasteiger partial charge in [-0.15, -0.1) is 0 Å². The summed E-state index contributed by atoms with van der Waals surface area (Å²) in [6, 6.07) is 17.7. The Labute approximate surface area is 182 Å². The number of methoxy groups -OCH3 is 2. The molecule has 1 aliphatic rings. The van der Waals surface area contributed by atoms with Crippen LogP contribution < -0.4 is 14.8 Å². The molecule has 1 aliphatic heterocycles. The highest BCUT2D eigenvalue weighted by Crippen LogP contribution is 2.38. The zero-order valence-electron chi connectivity index (χ0n) is 18.2. The summed E-state index contributed by atoms with van der Waals surface area (Å²) in [5.41, 5.74) is 2.84. The van der Waals surface area contributed by atoms with Crippen molar-refractivity contribution in [1.29, 1.82) is 0 Å². The summed E-state index contributed by atoms with van der Waals surface area (Å²) in [4.78, 5) is 15.2. The Morgan fingerprint density at radius 2 is 1.94 bits per heavy atom. The fourth-order valence-corrected chi connectivity index (χ4v) is 4.18. The number of anilines is 1. The Balaban J connectivity index is 1.49. The molecule has 0 spiro atoms. The van der Waals surface area contributed by atoms with Gasteiger partial charge >= 0.3 is 0 Å². The average molecular weight is 421 g/mol. The van der Waals surface area contributed by atoms with Gasteiger partial charge in [0.1, 0.15) is 17.3 Å². The van der Waals surface area contributed by atoms with Crippen LogP contribution in [0.15, 0.2) is 54.6 Å². The van der Waals surface area contributed by atoms with E-state index < -0.39 is 0 Å². The molecule has 31 heavy (non-hydrogen) atoms. The maximum Gasteiger partial charge on any atom is 0.239 e. The van der Waals surface area contributed by atoms with E-state index in [0.717, 1.165) is 47.8 Å². The third-order valence-corrected chi connectivity index (χ3v) is 5.61. The number of rotatable bonds is 7. The number of aromatic nitrogens is 2. The second-order valence-corrected chi connectivity index (χ2v) is 7.70. The maximum atomic E-state index is 12.9. The molecule has 1 atom stereocenters. The summed E-state index contributed by atoms with van der Waals surface area (Å²) in [6.07, 6.45) is 2.02. The Bertz CT molecular complexity index is 1050. The van der Waals surface area contributed by atoms with Gasteiger partial charge in [-0.25, -0.2) is 4.68 Å². The molecule has 1 fully saturated rings. The number of carbonyl (C=O) groups excluding carboxylic acids is 1. The van der Waals surface area contributed by atoms with Gasteiger partial charge in [0.05, 0.1) is 32.1 Å². The van der Waals surface area contributed by atoms with E-state index in [1.54, 1.807) is 18.9 Å². The lowest BCUT2D eigenvalue weighted by Gasteiger charge is -2.26. The molecular formula is C24H28N4O3. The van der Waals surface area contributed by atoms with Crippen molar-refractivity contribution in [2.75, 3.05) is 32.6 Å². The number of ether oxygens (including phenoxy) is 2. The van der Waals surface area contributed by atoms with Gasteiger partial charge in [0.25, 0.3) is 0 Å². The topological polar surface area (TPSA) is 68.6 Å². The molecule has 3 aromatic rings. The molecule has 0 bridgehead atoms. The number of benzene rings is 2. The van der Waals surface area contributed by atoms with Crippen molar-refractivity contribution in [3.05, 3.63) is 65.9 Å². The first kappa shape index (κ1) is 20.9. The van der Waals surface area contributed by atoms with Crippen LogP contribution in [0.5, 0.6) is 11.5 Å². The third kappa shape index (κ3) is 4.56. The molecular weight excluding hydrogens is 392 g/mol. The summed E-state index contributed by atoms with van der Waals surface area (Å²) in [6.45, 7) is 3.09. The Morgan fingerprint density at radius 3 is 2.68 bits per heavy atom. The second-order valence-electron chi connectivity index (χ2n) is 7.70. The monoisotopic (exact) mass is 420 g/mol. The quantitative estimate of drug-likeness (QED) is 0.626. The number of aryl methyl sites for hydroxylation is 1. The third-order valence-electron chi connectivity index (χ3n) is 5.61. The van der Waals surface area contributed by atoms with Gasteiger partial charge in [-0.3, -0.25) is 9.69 Å². The Hall–Kier alpha value is -3.32. The van der Waals surface area contributed by atoms with Crippen molar-refractivity contribution in [3.8, 4) is 17.2 Å². The number of para-hydroxylation sites is 1. The van der Waals surface area contributed by atoms with Crippen LogP contribution in [0.4, 0.5) is 5.82 Å². The first-order chi connectivity index (χ1) is 15.1. The molecule has 7 heteroatoms. The summed E-state index contributed by atoms with van der Waals surface area (Å²) < 4.78 is 12.7. The molecule has 2 heterocycles. The number of nitrogens with zero attached hydrogens (tertiary/aromatic N) is 3. The van der Waals surface area contributed by atoms with Crippen LogP contribution in [0.2, 0.25) is 0 Å². The highest BCUT2D eigenvalue weighted by Gasteiger charge is 2.30. The summed E-state index contributed by atoms with van der Waals surface area (Å²) >= 11 is 0. The number of likely N-dealkylation sites (tertiary alicyclic amines) is 1. The van der Waals surface area contributed by atoms with Crippen LogP contribution in [0.3, 0.4) is 0 Å². The molecule has 0 unspecified atom stereocenters. The molecule has 4 rings (SSSR count). The molecule has 7 nitrogen and oxygen atoms in total. The van der Waals surface area contributed by atoms with Gasteiger partial charge in [-0.1, -0.05) is 24.3 Å². The highest BCUT2D eigenvalue weighted by molar-refractivity contribution is 5.91. The lowest BCUT2D eigenvalue weighted by Crippen LogP contribution is -2.33. The van der Waals surface area contributed by atoms with Gasteiger partial charge in [0.2, 0.25) is 5.91 Å². The van der Waals surface area contributed by atoms with Crippen molar-refractivity contribution < 1.29 is 14.3 Å². The maximum absolute atomic E-state index is 12.9. The van der Waals surface area contributed by atoms with E-state index in [2.05, 4.69) is 15.3 Å². The van der Waals surface area contributed by atoms with Crippen molar-refractivity contribution >= 4 is 11.7 Å². The van der Waals surface area contributed by atoms with Crippen LogP contribution in [-0.4, -0.2) is 47.9 Å². The standard InChI is InChI=1S/C24H28N4O3/c1-17-14-23(28(26-17)18-8-5-4-6-9-18)25-24(29)16-27-13-7-10-21(27)20-12-11-19(30-2)15-22(20)31-3/h4-6,8-9,11-12,14-15,21H,7,10,13,16H2,1-3H3,(H,25,29)/t21-/m1/s1. The molecule has 1 aromatic heterocycles. The van der Waals surface area contributed by atoms with Gasteiger partial charge in [-0.05, 0) is 44.5 Å². The smallest absolute Gasteiger partial charge is 0.239 e. The zero-order valence-corrected chi connectivity index (χ0v) is 18.2. The van der Waals surface area contributed by atoms with E-state index in [0.29, 0.717) is 12.4 Å². The number of carbonyl (C=O) groups is 1. The number of hydrogen-bond acceptors (Lipinski definition) is 5. The van der Waals surface area contributed by atoms with Crippen LogP contribution in [0.1, 0.15) is 30.1 Å². The molecule has 1 amide bonds. The number of nitrogens with one attached hydrogen (secondary N) is 1. The van der Waals surface area contributed by atoms with Crippen LogP contribution in [-0.2, 0) is 4.79 Å². The van der Waals surface area contributed by atoms with Crippen molar-refractivity contribution in [2.45, 2.75) is 25.8 Å². The Kier molecular flexibility index (Phi) is 6.23.